The van der Waals surface area contributed by atoms with Gasteiger partial charge in [0, 0.05) is 19.0 Å². The van der Waals surface area contributed by atoms with E-state index in [4.69, 9.17) is 0 Å². The standard InChI is InChI=1S/C23H28F6N4O6/c24-22(25,26)21(5-6-21)32-19(37)20(38)33-9-12-2-1-3-13(12)16(33)18(36)31-14(8-11-4-7-30-17(11)35)15(34)10-39-23(27,28)29/h11-14,16H,1-10H2,(H,30,35)(H,31,36)(H,32,37)/t11?,12?,13?,14?,16-/m0/s1. The van der Waals surface area contributed by atoms with Gasteiger partial charge >= 0.3 is 24.4 Å². The van der Waals surface area contributed by atoms with E-state index in [-0.39, 0.29) is 44.7 Å². The Balaban J connectivity index is 1.50. The number of rotatable bonds is 8. The minimum absolute atomic E-state index is 0.0746. The van der Waals surface area contributed by atoms with Gasteiger partial charge in [-0.05, 0) is 50.4 Å². The lowest BCUT2D eigenvalue weighted by Crippen LogP contribution is -2.58. The second-order valence-electron chi connectivity index (χ2n) is 10.6. The van der Waals surface area contributed by atoms with E-state index >= 15 is 0 Å². The number of ketones is 1. The first-order chi connectivity index (χ1) is 18.1. The highest BCUT2D eigenvalue weighted by Gasteiger charge is 2.65. The fourth-order valence-corrected chi connectivity index (χ4v) is 5.79. The largest absolute Gasteiger partial charge is 0.522 e. The number of hydrogen-bond acceptors (Lipinski definition) is 6. The van der Waals surface area contributed by atoms with Gasteiger partial charge in [0.1, 0.15) is 18.2 Å². The van der Waals surface area contributed by atoms with E-state index in [0.29, 0.717) is 19.3 Å². The van der Waals surface area contributed by atoms with E-state index < -0.39 is 78.0 Å². The number of hydrogen-bond donors (Lipinski definition) is 3. The molecule has 4 rings (SSSR count). The van der Waals surface area contributed by atoms with Gasteiger partial charge in [0.05, 0.1) is 6.04 Å². The number of nitrogens with one attached hydrogen (secondary N) is 3. The van der Waals surface area contributed by atoms with Crippen molar-refractivity contribution in [1.29, 1.82) is 0 Å². The van der Waals surface area contributed by atoms with Gasteiger partial charge in [0.25, 0.3) is 0 Å². The number of fused-ring (bicyclic) bond motifs is 1. The summed E-state index contributed by atoms with van der Waals surface area (Å²) in [6.07, 6.45) is -8.96. The predicted molar refractivity (Wildman–Crippen MR) is 117 cm³/mol. The maximum atomic E-state index is 13.4. The van der Waals surface area contributed by atoms with Crippen molar-refractivity contribution < 1.29 is 55.1 Å². The van der Waals surface area contributed by atoms with Crippen LogP contribution in [-0.4, -0.2) is 84.2 Å². The summed E-state index contributed by atoms with van der Waals surface area (Å²) in [6.45, 7) is -1.22. The summed E-state index contributed by atoms with van der Waals surface area (Å²) >= 11 is 0. The molecule has 5 atom stereocenters. The third kappa shape index (κ3) is 6.30. The normalized spacial score (nSPS) is 28.5. The predicted octanol–water partition coefficient (Wildman–Crippen LogP) is 0.941. The molecule has 16 heteroatoms. The lowest BCUT2D eigenvalue weighted by Gasteiger charge is -2.29. The fraction of sp³-hybridized carbons (Fsp3) is 0.783. The SMILES string of the molecule is O=C(NC1(C(F)(F)F)CC1)C(=O)N1CC2CCCC2[C@H]1C(=O)NC(CC1CCNC1=O)C(=O)COC(F)(F)F. The maximum Gasteiger partial charge on any atom is 0.522 e. The quantitative estimate of drug-likeness (QED) is 0.294. The van der Waals surface area contributed by atoms with E-state index in [0.717, 1.165) is 4.90 Å². The van der Waals surface area contributed by atoms with Crippen LogP contribution in [0.3, 0.4) is 0 Å². The van der Waals surface area contributed by atoms with E-state index in [9.17, 15) is 50.3 Å². The van der Waals surface area contributed by atoms with E-state index in [1.165, 1.54) is 0 Å². The Kier molecular flexibility index (Phi) is 7.89. The molecule has 10 nitrogen and oxygen atoms in total. The van der Waals surface area contributed by atoms with Crippen LogP contribution in [0, 0.1) is 17.8 Å². The van der Waals surface area contributed by atoms with E-state index in [1.54, 1.807) is 5.32 Å². The fourth-order valence-electron chi connectivity index (χ4n) is 5.79. The van der Waals surface area contributed by atoms with Crippen LogP contribution in [0.2, 0.25) is 0 Å². The molecule has 0 spiro atoms. The minimum atomic E-state index is -5.12. The van der Waals surface area contributed by atoms with E-state index in [2.05, 4.69) is 15.4 Å². The second-order valence-corrected chi connectivity index (χ2v) is 10.6. The zero-order valence-electron chi connectivity index (χ0n) is 20.6. The number of carbonyl (C=O) groups excluding carboxylic acids is 5. The molecule has 0 aromatic heterocycles. The van der Waals surface area contributed by atoms with Crippen LogP contribution in [0.15, 0.2) is 0 Å². The highest BCUT2D eigenvalue weighted by atomic mass is 19.4. The third-order valence-electron chi connectivity index (χ3n) is 8.03. The Morgan fingerprint density at radius 1 is 1.08 bits per heavy atom. The first-order valence-corrected chi connectivity index (χ1v) is 12.6. The number of likely N-dealkylation sites (tertiary alicyclic amines) is 1. The van der Waals surface area contributed by atoms with Gasteiger partial charge in [-0.25, -0.2) is 0 Å². The van der Waals surface area contributed by atoms with Crippen molar-refractivity contribution in [3.05, 3.63) is 0 Å². The van der Waals surface area contributed by atoms with E-state index in [1.807, 2.05) is 0 Å². The summed E-state index contributed by atoms with van der Waals surface area (Å²) in [5.74, 6) is -6.84. The lowest BCUT2D eigenvalue weighted by atomic mass is 9.92. The second kappa shape index (κ2) is 10.6. The van der Waals surface area contributed by atoms with Crippen molar-refractivity contribution in [2.24, 2.45) is 17.8 Å². The van der Waals surface area contributed by atoms with Gasteiger partial charge < -0.3 is 20.9 Å². The summed E-state index contributed by atoms with van der Waals surface area (Å²) in [5, 5.41) is 6.61. The van der Waals surface area contributed by atoms with Gasteiger partial charge in [-0.1, -0.05) is 6.42 Å². The molecule has 2 aliphatic carbocycles. The molecular weight excluding hydrogens is 542 g/mol. The summed E-state index contributed by atoms with van der Waals surface area (Å²) < 4.78 is 81.1. The zero-order chi connectivity index (χ0) is 28.8. The zero-order valence-corrected chi connectivity index (χ0v) is 20.6. The van der Waals surface area contributed by atoms with Crippen LogP contribution in [0.5, 0.6) is 0 Å². The molecule has 2 aliphatic heterocycles. The minimum Gasteiger partial charge on any atom is -0.356 e. The van der Waals surface area contributed by atoms with Gasteiger partial charge in [-0.15, -0.1) is 13.2 Å². The topological polar surface area (TPSA) is 134 Å². The number of halogens is 6. The molecule has 0 radical (unpaired) electrons. The van der Waals surface area contributed by atoms with Crippen LogP contribution in [0.4, 0.5) is 26.3 Å². The van der Waals surface area contributed by atoms with Crippen LogP contribution < -0.4 is 16.0 Å². The Morgan fingerprint density at radius 2 is 1.77 bits per heavy atom. The molecular formula is C23H28F6N4O6. The summed E-state index contributed by atoms with van der Waals surface area (Å²) in [7, 11) is 0. The smallest absolute Gasteiger partial charge is 0.356 e. The van der Waals surface area contributed by atoms with Crippen molar-refractivity contribution >= 4 is 29.4 Å². The summed E-state index contributed by atoms with van der Waals surface area (Å²) in [6, 6.07) is -2.90. The molecule has 39 heavy (non-hydrogen) atoms. The average Bonchev–Trinajstić information content (AvgIpc) is 3.13. The first kappa shape index (κ1) is 29.1. The Bertz CT molecular complexity index is 1030. The third-order valence-corrected chi connectivity index (χ3v) is 8.03. The molecule has 0 aromatic carbocycles. The molecule has 2 saturated carbocycles. The first-order valence-electron chi connectivity index (χ1n) is 12.6. The molecule has 2 heterocycles. The number of ether oxygens (including phenoxy) is 1. The molecule has 4 fully saturated rings. The van der Waals surface area contributed by atoms with Crippen LogP contribution in [0.1, 0.15) is 44.9 Å². The van der Waals surface area contributed by atoms with Gasteiger partial charge in [-0.2, -0.15) is 13.2 Å². The number of nitrogens with zero attached hydrogens (tertiary/aromatic N) is 1. The number of alkyl halides is 6. The highest BCUT2D eigenvalue weighted by molar-refractivity contribution is 6.35. The van der Waals surface area contributed by atoms with Crippen molar-refractivity contribution in [2.45, 2.75) is 75.1 Å². The molecule has 2 saturated heterocycles. The highest BCUT2D eigenvalue weighted by Crippen LogP contribution is 2.49. The molecule has 0 bridgehead atoms. The Hall–Kier alpha value is -2.91. The van der Waals surface area contributed by atoms with Gasteiger partial charge in [-0.3, -0.25) is 28.7 Å². The molecule has 4 aliphatic rings. The molecule has 3 N–H and O–H groups in total. The molecule has 0 aromatic rings. The van der Waals surface area contributed by atoms with Crippen LogP contribution >= 0.6 is 0 Å². The van der Waals surface area contributed by atoms with Crippen LogP contribution in [0.25, 0.3) is 0 Å². The Labute approximate surface area is 218 Å². The average molecular weight is 570 g/mol. The van der Waals surface area contributed by atoms with Crippen LogP contribution in [-0.2, 0) is 28.7 Å². The van der Waals surface area contributed by atoms with Crippen molar-refractivity contribution in [1.82, 2.24) is 20.9 Å². The van der Waals surface area contributed by atoms with Crippen molar-refractivity contribution in [3.63, 3.8) is 0 Å². The molecule has 4 amide bonds. The molecule has 4 unspecified atom stereocenters. The summed E-state index contributed by atoms with van der Waals surface area (Å²) in [5.41, 5.74) is -2.50. The maximum absolute atomic E-state index is 13.4. The van der Waals surface area contributed by atoms with Gasteiger partial charge in [0.2, 0.25) is 11.8 Å². The monoisotopic (exact) mass is 570 g/mol. The van der Waals surface area contributed by atoms with Crippen molar-refractivity contribution in [2.75, 3.05) is 19.7 Å². The molecule has 218 valence electrons. The summed E-state index contributed by atoms with van der Waals surface area (Å²) in [4.78, 5) is 64.5. The Morgan fingerprint density at radius 3 is 2.33 bits per heavy atom. The van der Waals surface area contributed by atoms with Gasteiger partial charge in [0.15, 0.2) is 5.78 Å². The lowest BCUT2D eigenvalue weighted by molar-refractivity contribution is -0.321. The number of carbonyl (C=O) groups is 5. The number of amides is 4. The number of Topliss-reactive ketones (excluding diaryl/α,β-unsaturated/α-hetero) is 1. The van der Waals surface area contributed by atoms with Crippen molar-refractivity contribution in [3.8, 4) is 0 Å².